The second-order valence-electron chi connectivity index (χ2n) is 5.66. The van der Waals surface area contributed by atoms with Crippen molar-refractivity contribution in [2.45, 2.75) is 24.2 Å². The quantitative estimate of drug-likeness (QED) is 0.817. The van der Waals surface area contributed by atoms with Crippen LogP contribution in [0.25, 0.3) is 0 Å². The normalized spacial score (nSPS) is 26.9. The molecule has 0 radical (unpaired) electrons. The van der Waals surface area contributed by atoms with Crippen LogP contribution in [-0.2, 0) is 9.59 Å². The molecule has 20 heavy (non-hydrogen) atoms. The molecule has 3 rings (SSSR count). The summed E-state index contributed by atoms with van der Waals surface area (Å²) in [6.45, 7) is 0. The fourth-order valence-corrected chi connectivity index (χ4v) is 3.76. The number of amides is 2. The topological polar surface area (TPSA) is 72.2 Å². The van der Waals surface area contributed by atoms with Gasteiger partial charge in [-0.25, -0.2) is 0 Å². The van der Waals surface area contributed by atoms with E-state index in [0.29, 0.717) is 0 Å². The summed E-state index contributed by atoms with van der Waals surface area (Å²) < 4.78 is 0. The van der Waals surface area contributed by atoms with E-state index in [1.54, 1.807) is 0 Å². The number of primary amides is 1. The Morgan fingerprint density at radius 3 is 2.60 bits per heavy atom. The van der Waals surface area contributed by atoms with E-state index >= 15 is 0 Å². The van der Waals surface area contributed by atoms with E-state index < -0.39 is 0 Å². The molecular weight excluding hydrogens is 272 g/mol. The number of fused-ring (bicyclic) bond motifs is 1. The number of para-hydroxylation sites is 1. The molecule has 2 fully saturated rings. The summed E-state index contributed by atoms with van der Waals surface area (Å²) in [5, 5.41) is 3.01. The smallest absolute Gasteiger partial charge is 0.227 e. The lowest BCUT2D eigenvalue weighted by molar-refractivity contribution is -0.120. The van der Waals surface area contributed by atoms with Crippen molar-refractivity contribution < 1.29 is 9.59 Å². The Bertz CT molecular complexity index is 536. The van der Waals surface area contributed by atoms with E-state index in [-0.39, 0.29) is 23.5 Å². The van der Waals surface area contributed by atoms with Crippen molar-refractivity contribution in [2.24, 2.45) is 23.5 Å². The summed E-state index contributed by atoms with van der Waals surface area (Å²) in [5.41, 5.74) is 5.95. The Hall–Kier alpha value is -1.49. The number of nitrogens with one attached hydrogen (secondary N) is 1. The average molecular weight is 290 g/mol. The van der Waals surface area contributed by atoms with Crippen LogP contribution < -0.4 is 11.1 Å². The first-order chi connectivity index (χ1) is 9.63. The van der Waals surface area contributed by atoms with Gasteiger partial charge in [-0.1, -0.05) is 12.1 Å². The van der Waals surface area contributed by atoms with Crippen LogP contribution in [0.4, 0.5) is 5.69 Å². The summed E-state index contributed by atoms with van der Waals surface area (Å²) in [6, 6.07) is 7.55. The lowest BCUT2D eigenvalue weighted by Gasteiger charge is -2.14. The molecule has 0 bridgehead atoms. The summed E-state index contributed by atoms with van der Waals surface area (Å²) in [6.07, 6.45) is 3.38. The van der Waals surface area contributed by atoms with Crippen LogP contribution in [0, 0.1) is 17.8 Å². The lowest BCUT2D eigenvalue weighted by atomic mass is 10.0. The third-order valence-electron chi connectivity index (χ3n) is 4.13. The van der Waals surface area contributed by atoms with E-state index in [9.17, 15) is 9.59 Å². The summed E-state index contributed by atoms with van der Waals surface area (Å²) in [4.78, 5) is 24.0. The van der Waals surface area contributed by atoms with E-state index in [2.05, 4.69) is 5.32 Å². The third-order valence-corrected chi connectivity index (χ3v) is 5.23. The number of hydrogen-bond donors (Lipinski definition) is 2. The summed E-state index contributed by atoms with van der Waals surface area (Å²) in [5.74, 6) is 1.74. The van der Waals surface area contributed by atoms with E-state index in [4.69, 9.17) is 5.73 Å². The van der Waals surface area contributed by atoms with E-state index in [0.717, 1.165) is 35.3 Å². The molecule has 4 nitrogen and oxygen atoms in total. The first-order valence-corrected chi connectivity index (χ1v) is 7.93. The molecule has 2 atom stereocenters. The third kappa shape index (κ3) is 2.98. The van der Waals surface area contributed by atoms with Gasteiger partial charge in [0.15, 0.2) is 0 Å². The van der Waals surface area contributed by atoms with Crippen molar-refractivity contribution >= 4 is 29.3 Å². The molecule has 3 N–H and O–H groups in total. The van der Waals surface area contributed by atoms with Gasteiger partial charge in [-0.15, -0.1) is 11.8 Å². The molecule has 2 aliphatic carbocycles. The number of anilines is 1. The summed E-state index contributed by atoms with van der Waals surface area (Å²) >= 11 is 1.36. The Kier molecular flexibility index (Phi) is 3.70. The standard InChI is InChI=1S/C15H18N2O2S/c16-14(18)8-20-13-4-2-1-3-12(13)17-15(19)11-6-9-5-10(9)7-11/h1-4,9-11H,5-8H2,(H2,16,18)(H,17,19). The van der Waals surface area contributed by atoms with Crippen molar-refractivity contribution in [3.63, 3.8) is 0 Å². The molecule has 5 heteroatoms. The average Bonchev–Trinajstić information content (AvgIpc) is 3.04. The maximum Gasteiger partial charge on any atom is 0.227 e. The molecule has 0 spiro atoms. The fraction of sp³-hybridized carbons (Fsp3) is 0.467. The molecule has 2 amide bonds. The van der Waals surface area contributed by atoms with Crippen molar-refractivity contribution in [3.05, 3.63) is 24.3 Å². The molecular formula is C15H18N2O2S. The molecule has 0 saturated heterocycles. The van der Waals surface area contributed by atoms with Crippen LogP contribution in [0.5, 0.6) is 0 Å². The van der Waals surface area contributed by atoms with Crippen molar-refractivity contribution in [1.82, 2.24) is 0 Å². The molecule has 2 aliphatic rings. The molecule has 2 unspecified atom stereocenters. The number of nitrogens with two attached hydrogens (primary N) is 1. The number of thioether (sulfide) groups is 1. The van der Waals surface area contributed by atoms with Gasteiger partial charge < -0.3 is 11.1 Å². The predicted octanol–water partition coefficient (Wildman–Crippen LogP) is 2.25. The maximum atomic E-state index is 12.3. The number of hydrogen-bond acceptors (Lipinski definition) is 3. The van der Waals surface area contributed by atoms with E-state index in [1.807, 2.05) is 24.3 Å². The maximum absolute atomic E-state index is 12.3. The Balaban J connectivity index is 1.63. The molecule has 0 aliphatic heterocycles. The highest BCUT2D eigenvalue weighted by Crippen LogP contribution is 2.54. The zero-order valence-corrected chi connectivity index (χ0v) is 12.0. The first-order valence-electron chi connectivity index (χ1n) is 6.94. The van der Waals surface area contributed by atoms with Crippen molar-refractivity contribution in [1.29, 1.82) is 0 Å². The SMILES string of the molecule is NC(=O)CSc1ccccc1NC(=O)C1CC2CC2C1. The fourth-order valence-electron chi connectivity index (χ4n) is 3.01. The minimum atomic E-state index is -0.355. The monoisotopic (exact) mass is 290 g/mol. The minimum Gasteiger partial charge on any atom is -0.369 e. The summed E-state index contributed by atoms with van der Waals surface area (Å²) in [7, 11) is 0. The zero-order chi connectivity index (χ0) is 14.1. The largest absolute Gasteiger partial charge is 0.369 e. The van der Waals surface area contributed by atoms with Crippen LogP contribution in [0.15, 0.2) is 29.2 Å². The Morgan fingerprint density at radius 1 is 1.20 bits per heavy atom. The van der Waals surface area contributed by atoms with Gasteiger partial charge in [0.2, 0.25) is 11.8 Å². The first kappa shape index (κ1) is 13.5. The second-order valence-corrected chi connectivity index (χ2v) is 6.68. The van der Waals surface area contributed by atoms with Gasteiger partial charge in [-0.05, 0) is 43.2 Å². The van der Waals surface area contributed by atoms with Crippen LogP contribution in [0.3, 0.4) is 0 Å². The van der Waals surface area contributed by atoms with Gasteiger partial charge >= 0.3 is 0 Å². The Labute approximate surface area is 122 Å². The molecule has 106 valence electrons. The van der Waals surface area contributed by atoms with Gasteiger partial charge in [0, 0.05) is 10.8 Å². The molecule has 1 aromatic carbocycles. The predicted molar refractivity (Wildman–Crippen MR) is 79.3 cm³/mol. The van der Waals surface area contributed by atoms with Gasteiger partial charge in [-0.2, -0.15) is 0 Å². The highest BCUT2D eigenvalue weighted by Gasteiger charge is 2.48. The highest BCUT2D eigenvalue weighted by atomic mass is 32.2. The highest BCUT2D eigenvalue weighted by molar-refractivity contribution is 8.00. The van der Waals surface area contributed by atoms with Gasteiger partial charge in [0.1, 0.15) is 0 Å². The number of rotatable bonds is 5. The molecule has 0 aromatic heterocycles. The second kappa shape index (κ2) is 5.48. The number of carbonyl (C=O) groups excluding carboxylic acids is 2. The van der Waals surface area contributed by atoms with Gasteiger partial charge in [0.25, 0.3) is 0 Å². The van der Waals surface area contributed by atoms with Crippen LogP contribution in [-0.4, -0.2) is 17.6 Å². The van der Waals surface area contributed by atoms with Gasteiger partial charge in [0.05, 0.1) is 11.4 Å². The Morgan fingerprint density at radius 2 is 1.90 bits per heavy atom. The van der Waals surface area contributed by atoms with Crippen molar-refractivity contribution in [3.8, 4) is 0 Å². The minimum absolute atomic E-state index is 0.115. The van der Waals surface area contributed by atoms with Crippen LogP contribution in [0.2, 0.25) is 0 Å². The number of carbonyl (C=O) groups is 2. The lowest BCUT2D eigenvalue weighted by Crippen LogP contribution is -2.22. The molecule has 0 heterocycles. The van der Waals surface area contributed by atoms with E-state index in [1.165, 1.54) is 18.2 Å². The molecule has 2 saturated carbocycles. The van der Waals surface area contributed by atoms with Gasteiger partial charge in [-0.3, -0.25) is 9.59 Å². The number of benzene rings is 1. The van der Waals surface area contributed by atoms with Crippen molar-refractivity contribution in [2.75, 3.05) is 11.1 Å². The van der Waals surface area contributed by atoms with Crippen LogP contribution >= 0.6 is 11.8 Å². The molecule has 1 aromatic rings. The zero-order valence-electron chi connectivity index (χ0n) is 11.2. The van der Waals surface area contributed by atoms with Crippen LogP contribution in [0.1, 0.15) is 19.3 Å².